The minimum absolute atomic E-state index is 0.0575. The molecule has 3 rings (SSSR count). The van der Waals surface area contributed by atoms with Crippen LogP contribution in [0.3, 0.4) is 0 Å². The predicted molar refractivity (Wildman–Crippen MR) is 59.0 cm³/mol. The van der Waals surface area contributed by atoms with E-state index >= 15 is 0 Å². The van der Waals surface area contributed by atoms with Crippen LogP contribution in [0.25, 0.3) is 0 Å². The summed E-state index contributed by atoms with van der Waals surface area (Å²) in [6.45, 7) is 0. The monoisotopic (exact) mass is 282 g/mol. The smallest absolute Gasteiger partial charge is 0.312 e. The molecule has 2 aliphatic carbocycles. The van der Waals surface area contributed by atoms with E-state index in [-0.39, 0.29) is 17.8 Å². The van der Waals surface area contributed by atoms with Crippen molar-refractivity contribution in [2.24, 2.45) is 23.7 Å². The number of aliphatic hydroxyl groups is 1. The zero-order valence-electron chi connectivity index (χ0n) is 8.07. The summed E-state index contributed by atoms with van der Waals surface area (Å²) < 4.78 is 2.93. The fourth-order valence-electron chi connectivity index (χ4n) is 3.21. The normalized spacial score (nSPS) is 49.6. The summed E-state index contributed by atoms with van der Waals surface area (Å²) in [5, 5.41) is 10.3. The number of rotatable bonds is 0. The molecule has 1 saturated carbocycles. The molecule has 1 unspecified atom stereocenters. The van der Waals surface area contributed by atoms with E-state index < -0.39 is 21.5 Å². The van der Waals surface area contributed by atoms with Crippen LogP contribution in [0.5, 0.6) is 0 Å². The molecule has 6 heteroatoms. The van der Waals surface area contributed by atoms with Gasteiger partial charge in [-0.15, -0.1) is 0 Å². The van der Waals surface area contributed by atoms with Gasteiger partial charge >= 0.3 is 5.97 Å². The highest BCUT2D eigenvalue weighted by molar-refractivity contribution is 6.68. The molecule has 88 valence electrons. The van der Waals surface area contributed by atoms with Crippen molar-refractivity contribution in [2.45, 2.75) is 16.0 Å². The van der Waals surface area contributed by atoms with Crippen molar-refractivity contribution < 1.29 is 14.6 Å². The molecule has 0 aromatic rings. The molecule has 1 heterocycles. The highest BCUT2D eigenvalue weighted by Crippen LogP contribution is 2.61. The van der Waals surface area contributed by atoms with Gasteiger partial charge in [-0.2, -0.15) is 0 Å². The van der Waals surface area contributed by atoms with Crippen molar-refractivity contribution >= 4 is 40.8 Å². The number of ether oxygens (including phenoxy) is 1. The molecular weight excluding hydrogens is 274 g/mol. The zero-order valence-corrected chi connectivity index (χ0v) is 10.3. The van der Waals surface area contributed by atoms with E-state index in [1.807, 2.05) is 12.2 Å². The number of esters is 1. The Morgan fingerprint density at radius 3 is 2.62 bits per heavy atom. The Bertz CT molecular complexity index is 389. The number of cyclic esters (lactones) is 1. The van der Waals surface area contributed by atoms with E-state index in [9.17, 15) is 9.90 Å². The highest BCUT2D eigenvalue weighted by atomic mass is 35.6. The van der Waals surface area contributed by atoms with Gasteiger partial charge in [0.25, 0.3) is 9.58 Å². The number of alkyl halides is 3. The Balaban J connectivity index is 2.06. The lowest BCUT2D eigenvalue weighted by molar-refractivity contribution is -0.202. The SMILES string of the molecule is O=C1OC(O)(C(Cl)(Cl)Cl)[C@H]2[C@@H]1[C@@H]1C=C[C@H]2C1. The summed E-state index contributed by atoms with van der Waals surface area (Å²) >= 11 is 17.2. The third kappa shape index (κ3) is 1.18. The van der Waals surface area contributed by atoms with Gasteiger partial charge in [0, 0.05) is 5.92 Å². The van der Waals surface area contributed by atoms with Gasteiger partial charge in [0.1, 0.15) is 0 Å². The van der Waals surface area contributed by atoms with Crippen molar-refractivity contribution in [1.82, 2.24) is 0 Å². The van der Waals surface area contributed by atoms with Crippen LogP contribution in [0.15, 0.2) is 12.2 Å². The summed E-state index contributed by atoms with van der Waals surface area (Å²) in [5.74, 6) is -3.09. The van der Waals surface area contributed by atoms with Crippen molar-refractivity contribution in [3.8, 4) is 0 Å². The van der Waals surface area contributed by atoms with Crippen LogP contribution >= 0.6 is 34.8 Å². The number of allylic oxidation sites excluding steroid dienone is 2. The van der Waals surface area contributed by atoms with Crippen LogP contribution in [0.1, 0.15) is 6.42 Å². The standard InChI is InChI=1S/C10H9Cl3O3/c11-10(12,13)9(15)7-5-2-1-4(3-5)6(7)8(14)16-9/h1-2,4-7,15H,3H2/t4-,5+,6+,7-,9?/m1/s1. The molecule has 1 aliphatic heterocycles. The van der Waals surface area contributed by atoms with E-state index in [2.05, 4.69) is 0 Å². The molecule has 1 N–H and O–H groups in total. The fourth-order valence-corrected chi connectivity index (χ4v) is 3.71. The predicted octanol–water partition coefficient (Wildman–Crippen LogP) is 2.04. The highest BCUT2D eigenvalue weighted by Gasteiger charge is 2.71. The number of fused-ring (bicyclic) bond motifs is 5. The van der Waals surface area contributed by atoms with E-state index in [1.165, 1.54) is 0 Å². The van der Waals surface area contributed by atoms with Crippen LogP contribution in [0.2, 0.25) is 0 Å². The molecule has 0 aromatic carbocycles. The largest absolute Gasteiger partial charge is 0.428 e. The fraction of sp³-hybridized carbons (Fsp3) is 0.700. The van der Waals surface area contributed by atoms with Crippen LogP contribution < -0.4 is 0 Å². The Labute approximate surface area is 107 Å². The zero-order chi connectivity index (χ0) is 11.7. The third-order valence-electron chi connectivity index (χ3n) is 3.85. The van der Waals surface area contributed by atoms with Crippen LogP contribution in [-0.4, -0.2) is 20.7 Å². The summed E-state index contributed by atoms with van der Waals surface area (Å²) in [7, 11) is 0. The van der Waals surface area contributed by atoms with Gasteiger partial charge in [0.15, 0.2) is 0 Å². The van der Waals surface area contributed by atoms with Crippen molar-refractivity contribution in [3.05, 3.63) is 12.2 Å². The van der Waals surface area contributed by atoms with Gasteiger partial charge in [-0.1, -0.05) is 47.0 Å². The number of carbonyl (C=O) groups excluding carboxylic acids is 1. The lowest BCUT2D eigenvalue weighted by Crippen LogP contribution is -2.50. The van der Waals surface area contributed by atoms with Crippen LogP contribution in [-0.2, 0) is 9.53 Å². The first-order chi connectivity index (χ1) is 7.34. The number of carbonyl (C=O) groups is 1. The lowest BCUT2D eigenvalue weighted by atomic mass is 9.80. The van der Waals surface area contributed by atoms with Crippen LogP contribution in [0, 0.1) is 23.7 Å². The summed E-state index contributed by atoms with van der Waals surface area (Å²) in [4.78, 5) is 11.7. The topological polar surface area (TPSA) is 46.5 Å². The second-order valence-corrected chi connectivity index (χ2v) is 6.90. The minimum atomic E-state index is -2.01. The Morgan fingerprint density at radius 1 is 1.38 bits per heavy atom. The second-order valence-electron chi connectivity index (χ2n) is 4.62. The Morgan fingerprint density at radius 2 is 2.00 bits per heavy atom. The van der Waals surface area contributed by atoms with Gasteiger partial charge in [-0.3, -0.25) is 4.79 Å². The molecule has 16 heavy (non-hydrogen) atoms. The first-order valence-electron chi connectivity index (χ1n) is 5.05. The average Bonchev–Trinajstić information content (AvgIpc) is 2.77. The Hall–Kier alpha value is 0.0400. The quantitative estimate of drug-likeness (QED) is 0.420. The van der Waals surface area contributed by atoms with Gasteiger partial charge in [0.2, 0.25) is 0 Å². The number of halogens is 3. The summed E-state index contributed by atoms with van der Waals surface area (Å²) in [5.41, 5.74) is 0. The van der Waals surface area contributed by atoms with Crippen molar-refractivity contribution in [3.63, 3.8) is 0 Å². The van der Waals surface area contributed by atoms with Gasteiger partial charge in [-0.25, -0.2) is 0 Å². The van der Waals surface area contributed by atoms with E-state index in [0.29, 0.717) is 0 Å². The maximum atomic E-state index is 11.7. The molecule has 2 bridgehead atoms. The third-order valence-corrected chi connectivity index (χ3v) is 4.66. The Kier molecular flexibility index (Phi) is 2.14. The maximum Gasteiger partial charge on any atom is 0.312 e. The molecular formula is C10H9Cl3O3. The van der Waals surface area contributed by atoms with E-state index in [1.54, 1.807) is 0 Å². The van der Waals surface area contributed by atoms with E-state index in [4.69, 9.17) is 39.5 Å². The summed E-state index contributed by atoms with van der Waals surface area (Å²) in [6, 6.07) is 0. The first kappa shape index (κ1) is 11.1. The van der Waals surface area contributed by atoms with Gasteiger partial charge < -0.3 is 9.84 Å². The maximum absolute atomic E-state index is 11.7. The van der Waals surface area contributed by atoms with Crippen molar-refractivity contribution in [1.29, 1.82) is 0 Å². The molecule has 5 atom stereocenters. The van der Waals surface area contributed by atoms with Gasteiger partial charge in [-0.05, 0) is 18.3 Å². The molecule has 3 aliphatic rings. The average molecular weight is 284 g/mol. The second kappa shape index (κ2) is 3.08. The summed E-state index contributed by atoms with van der Waals surface area (Å²) in [6.07, 6.45) is 4.78. The number of hydrogen-bond acceptors (Lipinski definition) is 3. The van der Waals surface area contributed by atoms with Crippen molar-refractivity contribution in [2.75, 3.05) is 0 Å². The minimum Gasteiger partial charge on any atom is -0.428 e. The first-order valence-corrected chi connectivity index (χ1v) is 6.18. The molecule has 2 fully saturated rings. The van der Waals surface area contributed by atoms with Gasteiger partial charge in [0.05, 0.1) is 5.92 Å². The number of hydrogen-bond donors (Lipinski definition) is 1. The molecule has 0 spiro atoms. The molecule has 0 amide bonds. The van der Waals surface area contributed by atoms with E-state index in [0.717, 1.165) is 6.42 Å². The molecule has 0 aromatic heterocycles. The molecule has 3 nitrogen and oxygen atoms in total. The molecule has 1 saturated heterocycles. The lowest BCUT2D eigenvalue weighted by Gasteiger charge is -2.35. The molecule has 0 radical (unpaired) electrons. The van der Waals surface area contributed by atoms with Crippen LogP contribution in [0.4, 0.5) is 0 Å².